The molecule has 124 valence electrons. The van der Waals surface area contributed by atoms with Crippen LogP contribution in [0.1, 0.15) is 24.2 Å². The maximum atomic E-state index is 13.2. The number of amides is 1. The van der Waals surface area contributed by atoms with E-state index < -0.39 is 0 Å². The van der Waals surface area contributed by atoms with E-state index in [0.29, 0.717) is 11.5 Å². The highest BCUT2D eigenvalue weighted by molar-refractivity contribution is 7.80. The molecule has 5 heteroatoms. The van der Waals surface area contributed by atoms with Crippen molar-refractivity contribution in [1.29, 1.82) is 0 Å². The molecule has 3 heterocycles. The van der Waals surface area contributed by atoms with E-state index in [4.69, 9.17) is 12.2 Å². The van der Waals surface area contributed by atoms with Gasteiger partial charge in [-0.25, -0.2) is 0 Å². The summed E-state index contributed by atoms with van der Waals surface area (Å²) in [6.45, 7) is 2.12. The van der Waals surface area contributed by atoms with Crippen molar-refractivity contribution in [3.8, 4) is 0 Å². The van der Waals surface area contributed by atoms with Gasteiger partial charge >= 0.3 is 0 Å². The minimum atomic E-state index is -0.227. The number of carbonyl (C=O) groups excluding carboxylic acids is 1. The van der Waals surface area contributed by atoms with E-state index in [1.165, 1.54) is 16.6 Å². The lowest BCUT2D eigenvalue weighted by Crippen LogP contribution is -2.42. The Morgan fingerprint density at radius 2 is 1.80 bits per heavy atom. The zero-order valence-corrected chi connectivity index (χ0v) is 14.6. The second-order valence-corrected chi connectivity index (χ2v) is 7.02. The normalized spacial score (nSPS) is 22.4. The van der Waals surface area contributed by atoms with Gasteiger partial charge < -0.3 is 9.88 Å². The molecule has 0 unspecified atom stereocenters. The van der Waals surface area contributed by atoms with Crippen LogP contribution in [0.15, 0.2) is 54.6 Å². The molecule has 1 aromatic heterocycles. The molecule has 0 spiro atoms. The number of nitrogens with one attached hydrogen (secondary N) is 1. The lowest BCUT2D eigenvalue weighted by molar-refractivity contribution is -0.120. The minimum absolute atomic E-state index is 0.0475. The first kappa shape index (κ1) is 14.7. The summed E-state index contributed by atoms with van der Waals surface area (Å²) in [5.41, 5.74) is 4.38. The first-order valence-corrected chi connectivity index (χ1v) is 8.88. The van der Waals surface area contributed by atoms with Gasteiger partial charge in [-0.15, -0.1) is 0 Å². The monoisotopic (exact) mass is 347 g/mol. The molecule has 1 saturated heterocycles. The summed E-state index contributed by atoms with van der Waals surface area (Å²) in [4.78, 5) is 20.5. The third-order valence-electron chi connectivity index (χ3n) is 5.35. The molecular formula is C20H17N3OS. The Labute approximate surface area is 151 Å². The number of hydrogen-bond acceptors (Lipinski definition) is 2. The van der Waals surface area contributed by atoms with E-state index in [1.54, 1.807) is 4.90 Å². The van der Waals surface area contributed by atoms with Gasteiger partial charge in [-0.1, -0.05) is 36.4 Å². The minimum Gasteiger partial charge on any atom is -0.356 e. The highest BCUT2D eigenvalue weighted by Gasteiger charge is 2.49. The van der Waals surface area contributed by atoms with Crippen LogP contribution in [-0.2, 0) is 11.2 Å². The van der Waals surface area contributed by atoms with E-state index in [0.717, 1.165) is 11.2 Å². The average Bonchev–Trinajstić information content (AvgIpc) is 3.13. The first-order valence-electron chi connectivity index (χ1n) is 8.47. The average molecular weight is 347 g/mol. The van der Waals surface area contributed by atoms with Gasteiger partial charge in [0, 0.05) is 23.0 Å². The number of fused-ring (bicyclic) bond motifs is 4. The van der Waals surface area contributed by atoms with Crippen LogP contribution in [0.3, 0.4) is 0 Å². The largest absolute Gasteiger partial charge is 0.356 e. The molecule has 0 aliphatic carbocycles. The molecule has 3 aromatic rings. The van der Waals surface area contributed by atoms with Crippen molar-refractivity contribution >= 4 is 39.8 Å². The number of H-pyrrole nitrogens is 1. The summed E-state index contributed by atoms with van der Waals surface area (Å²) < 4.78 is 0. The SMILES string of the molecule is C[C@@H]1c2[nH]c3ccccc3c2C[C@H]2C(=O)N(c3ccccc3)C(=S)N12. The fourth-order valence-corrected chi connectivity index (χ4v) is 4.66. The third kappa shape index (κ3) is 1.93. The summed E-state index contributed by atoms with van der Waals surface area (Å²) in [7, 11) is 0. The van der Waals surface area contributed by atoms with Crippen molar-refractivity contribution in [1.82, 2.24) is 9.88 Å². The van der Waals surface area contributed by atoms with Gasteiger partial charge in [0.2, 0.25) is 0 Å². The highest BCUT2D eigenvalue weighted by atomic mass is 32.1. The molecule has 2 aliphatic rings. The van der Waals surface area contributed by atoms with Crippen LogP contribution in [0.2, 0.25) is 0 Å². The number of para-hydroxylation sites is 2. The Morgan fingerprint density at radius 3 is 2.60 bits per heavy atom. The van der Waals surface area contributed by atoms with Gasteiger partial charge in [0.25, 0.3) is 5.91 Å². The molecule has 0 radical (unpaired) electrons. The second-order valence-electron chi connectivity index (χ2n) is 6.66. The molecule has 1 amide bonds. The van der Waals surface area contributed by atoms with E-state index in [1.807, 2.05) is 42.5 Å². The van der Waals surface area contributed by atoms with Crippen LogP contribution in [0.25, 0.3) is 10.9 Å². The first-order chi connectivity index (χ1) is 12.2. The topological polar surface area (TPSA) is 39.3 Å². The lowest BCUT2D eigenvalue weighted by atomic mass is 9.93. The predicted molar refractivity (Wildman–Crippen MR) is 103 cm³/mol. The Kier molecular flexibility index (Phi) is 3.03. The summed E-state index contributed by atoms with van der Waals surface area (Å²) >= 11 is 5.70. The van der Waals surface area contributed by atoms with E-state index in [9.17, 15) is 4.79 Å². The van der Waals surface area contributed by atoms with Crippen LogP contribution in [0.5, 0.6) is 0 Å². The maximum Gasteiger partial charge on any atom is 0.256 e. The van der Waals surface area contributed by atoms with Gasteiger partial charge in [-0.3, -0.25) is 9.69 Å². The van der Waals surface area contributed by atoms with Gasteiger partial charge in [-0.2, -0.15) is 0 Å². The van der Waals surface area contributed by atoms with Gasteiger partial charge in [-0.05, 0) is 42.9 Å². The van der Waals surface area contributed by atoms with Crippen molar-refractivity contribution in [2.24, 2.45) is 0 Å². The predicted octanol–water partition coefficient (Wildman–Crippen LogP) is 3.79. The smallest absolute Gasteiger partial charge is 0.256 e. The number of hydrogen-bond donors (Lipinski definition) is 1. The number of rotatable bonds is 1. The Morgan fingerprint density at radius 1 is 1.08 bits per heavy atom. The fourth-order valence-electron chi connectivity index (χ4n) is 4.18. The van der Waals surface area contributed by atoms with Crippen molar-refractivity contribution in [3.63, 3.8) is 0 Å². The number of aromatic amines is 1. The molecular weight excluding hydrogens is 330 g/mol. The van der Waals surface area contributed by atoms with Gasteiger partial charge in [0.15, 0.2) is 5.11 Å². The standard InChI is InChI=1S/C20H17N3OS/c1-12-18-15(14-9-5-6-10-16(14)21-18)11-17-19(24)23(20(25)22(12)17)13-7-3-2-4-8-13/h2-10,12,17,21H,11H2,1H3/t12-,17+/m1/s1. The Bertz CT molecular complexity index is 1010. The number of nitrogens with zero attached hydrogens (tertiary/aromatic N) is 2. The summed E-state index contributed by atoms with van der Waals surface area (Å²) in [5.74, 6) is 0.0685. The van der Waals surface area contributed by atoms with Crippen molar-refractivity contribution in [2.45, 2.75) is 25.4 Å². The molecule has 0 saturated carbocycles. The maximum absolute atomic E-state index is 13.2. The zero-order valence-electron chi connectivity index (χ0n) is 13.8. The molecule has 4 nitrogen and oxygen atoms in total. The molecule has 2 aromatic carbocycles. The Hall–Kier alpha value is -2.66. The van der Waals surface area contributed by atoms with Crippen LogP contribution >= 0.6 is 12.2 Å². The summed E-state index contributed by atoms with van der Waals surface area (Å²) in [6, 6.07) is 17.8. The quantitative estimate of drug-likeness (QED) is 0.681. The van der Waals surface area contributed by atoms with Crippen molar-refractivity contribution in [2.75, 3.05) is 4.90 Å². The van der Waals surface area contributed by atoms with E-state index in [-0.39, 0.29) is 18.0 Å². The van der Waals surface area contributed by atoms with Crippen LogP contribution in [-0.4, -0.2) is 26.9 Å². The number of carbonyl (C=O) groups is 1. The number of benzene rings is 2. The number of anilines is 1. The van der Waals surface area contributed by atoms with Gasteiger partial charge in [0.1, 0.15) is 6.04 Å². The third-order valence-corrected chi connectivity index (χ3v) is 5.74. The Balaban J connectivity index is 1.62. The van der Waals surface area contributed by atoms with E-state index >= 15 is 0 Å². The number of thiocarbonyl (C=S) groups is 1. The van der Waals surface area contributed by atoms with Gasteiger partial charge in [0.05, 0.1) is 11.7 Å². The summed E-state index contributed by atoms with van der Waals surface area (Å²) in [5, 5.41) is 1.80. The summed E-state index contributed by atoms with van der Waals surface area (Å²) in [6.07, 6.45) is 0.687. The highest BCUT2D eigenvalue weighted by Crippen LogP contribution is 2.41. The van der Waals surface area contributed by atoms with Crippen LogP contribution < -0.4 is 4.90 Å². The molecule has 5 rings (SSSR count). The molecule has 1 N–H and O–H groups in total. The molecule has 2 aliphatic heterocycles. The fraction of sp³-hybridized carbons (Fsp3) is 0.200. The van der Waals surface area contributed by atoms with Crippen molar-refractivity contribution < 1.29 is 4.79 Å². The van der Waals surface area contributed by atoms with Crippen LogP contribution in [0.4, 0.5) is 5.69 Å². The number of aromatic nitrogens is 1. The van der Waals surface area contributed by atoms with Crippen LogP contribution in [0, 0.1) is 0 Å². The second kappa shape index (κ2) is 5.17. The molecule has 2 atom stereocenters. The molecule has 0 bridgehead atoms. The van der Waals surface area contributed by atoms with E-state index in [2.05, 4.69) is 28.9 Å². The molecule has 1 fully saturated rings. The zero-order chi connectivity index (χ0) is 17.1. The van der Waals surface area contributed by atoms with Crippen molar-refractivity contribution in [3.05, 3.63) is 65.9 Å². The molecule has 25 heavy (non-hydrogen) atoms. The lowest BCUT2D eigenvalue weighted by Gasteiger charge is -2.34.